The molecule has 33 heavy (non-hydrogen) atoms. The van der Waals surface area contributed by atoms with E-state index in [1.165, 1.54) is 0 Å². The molecule has 1 atom stereocenters. The zero-order valence-electron chi connectivity index (χ0n) is 18.0. The van der Waals surface area contributed by atoms with Crippen LogP contribution in [0.25, 0.3) is 11.1 Å². The molecule has 1 unspecified atom stereocenters. The van der Waals surface area contributed by atoms with Crippen LogP contribution >= 0.6 is 19.4 Å². The van der Waals surface area contributed by atoms with Gasteiger partial charge in [-0.15, -0.1) is 11.8 Å². The molecule has 0 N–H and O–H groups in total. The largest absolute Gasteiger partial charge is 0.346 e. The Bertz CT molecular complexity index is 1260. The van der Waals surface area contributed by atoms with Crippen LogP contribution in [0.15, 0.2) is 48.5 Å². The van der Waals surface area contributed by atoms with E-state index in [9.17, 15) is 25.6 Å². The Balaban J connectivity index is 2.18. The summed E-state index contributed by atoms with van der Waals surface area (Å²) in [5.41, 5.74) is -1.67. The zero-order valence-corrected chi connectivity index (χ0v) is 19.7. The van der Waals surface area contributed by atoms with Crippen molar-refractivity contribution in [1.82, 2.24) is 0 Å². The van der Waals surface area contributed by atoms with Gasteiger partial charge in [0.15, 0.2) is 5.41 Å². The molecule has 2 aliphatic rings. The second-order valence-electron chi connectivity index (χ2n) is 7.62. The number of nitrogens with zero attached hydrogens (tertiary/aromatic N) is 4. The Morgan fingerprint density at radius 2 is 1.30 bits per heavy atom. The van der Waals surface area contributed by atoms with Crippen molar-refractivity contribution in [3.8, 4) is 35.4 Å². The lowest BCUT2D eigenvalue weighted by atomic mass is 9.58. The van der Waals surface area contributed by atoms with E-state index in [-0.39, 0.29) is 13.2 Å². The second-order valence-corrected chi connectivity index (χ2v) is 11.4. The third kappa shape index (κ3) is 2.59. The lowest BCUT2D eigenvalue weighted by Crippen LogP contribution is -2.48. The molecule has 0 bridgehead atoms. The summed E-state index contributed by atoms with van der Waals surface area (Å²) in [5, 5.41) is 42.0. The van der Waals surface area contributed by atoms with Crippen LogP contribution in [-0.4, -0.2) is 18.2 Å². The molecule has 0 amide bonds. The Hall–Kier alpha value is -3.10. The van der Waals surface area contributed by atoms with E-state index in [1.807, 2.05) is 36.4 Å². The average molecular weight is 474 g/mol. The molecule has 4 rings (SSSR count). The first-order valence-corrected chi connectivity index (χ1v) is 12.8. The third-order valence-corrected chi connectivity index (χ3v) is 11.2. The Kier molecular flexibility index (Phi) is 5.62. The highest BCUT2D eigenvalue weighted by atomic mass is 32.2. The van der Waals surface area contributed by atoms with Crippen molar-refractivity contribution in [2.75, 3.05) is 13.2 Å². The maximum Gasteiger partial charge on any atom is 0.346 e. The van der Waals surface area contributed by atoms with Gasteiger partial charge in [-0.3, -0.25) is 4.57 Å². The van der Waals surface area contributed by atoms with Gasteiger partial charge in [-0.05, 0) is 36.1 Å². The Labute approximate surface area is 196 Å². The van der Waals surface area contributed by atoms with Crippen molar-refractivity contribution in [2.24, 2.45) is 10.8 Å². The molecule has 0 radical (unpaired) electrons. The van der Waals surface area contributed by atoms with Crippen LogP contribution in [0.1, 0.15) is 25.0 Å². The summed E-state index contributed by atoms with van der Waals surface area (Å²) in [5.74, 6) is 0. The fraction of sp³-hybridized carbons (Fsp3) is 0.333. The minimum absolute atomic E-state index is 0.00750. The van der Waals surface area contributed by atoms with E-state index in [4.69, 9.17) is 9.05 Å². The summed E-state index contributed by atoms with van der Waals surface area (Å²) >= 11 is 1.00. The van der Waals surface area contributed by atoms with Gasteiger partial charge in [0.1, 0.15) is 9.74 Å². The highest BCUT2D eigenvalue weighted by Gasteiger charge is 2.82. The molecule has 1 heterocycles. The molecular formula is C24H19N4O3PS. The fourth-order valence-corrected chi connectivity index (χ4v) is 10.1. The summed E-state index contributed by atoms with van der Waals surface area (Å²) in [7, 11) is -4.11. The molecule has 1 aliphatic carbocycles. The first kappa shape index (κ1) is 23.1. The Morgan fingerprint density at radius 3 is 1.70 bits per heavy atom. The van der Waals surface area contributed by atoms with Crippen molar-refractivity contribution in [3.05, 3.63) is 59.7 Å². The maximum absolute atomic E-state index is 14.0. The van der Waals surface area contributed by atoms with E-state index in [2.05, 4.69) is 12.1 Å². The molecule has 0 saturated carbocycles. The zero-order chi connectivity index (χ0) is 23.9. The number of hydrogen-bond donors (Lipinski definition) is 0. The number of hydrogen-bond acceptors (Lipinski definition) is 8. The number of nitriles is 4. The minimum Gasteiger partial charge on any atom is -0.308 e. The molecule has 1 saturated heterocycles. The van der Waals surface area contributed by atoms with Gasteiger partial charge in [0.2, 0.25) is 5.41 Å². The van der Waals surface area contributed by atoms with Gasteiger partial charge >= 0.3 is 7.60 Å². The lowest BCUT2D eigenvalue weighted by molar-refractivity contribution is 0.200. The molecular weight excluding hydrogens is 455 g/mol. The molecule has 1 aliphatic heterocycles. The van der Waals surface area contributed by atoms with Crippen LogP contribution in [0, 0.1) is 56.2 Å². The molecule has 7 nitrogen and oxygen atoms in total. The van der Waals surface area contributed by atoms with Crippen molar-refractivity contribution in [3.63, 3.8) is 0 Å². The number of thioether (sulfide) groups is 1. The predicted molar refractivity (Wildman–Crippen MR) is 122 cm³/mol. The smallest absolute Gasteiger partial charge is 0.308 e. The molecule has 9 heteroatoms. The van der Waals surface area contributed by atoms with E-state index in [0.29, 0.717) is 11.1 Å². The highest BCUT2D eigenvalue weighted by molar-refractivity contribution is 8.07. The first-order chi connectivity index (χ1) is 15.9. The summed E-state index contributed by atoms with van der Waals surface area (Å²) in [6.45, 7) is 3.27. The van der Waals surface area contributed by atoms with Gasteiger partial charge in [-0.25, -0.2) is 0 Å². The van der Waals surface area contributed by atoms with Gasteiger partial charge in [0, 0.05) is 0 Å². The third-order valence-electron chi connectivity index (χ3n) is 6.27. The van der Waals surface area contributed by atoms with Gasteiger partial charge < -0.3 is 9.05 Å². The van der Waals surface area contributed by atoms with Gasteiger partial charge in [0.05, 0.1) is 37.5 Å². The van der Waals surface area contributed by atoms with Crippen molar-refractivity contribution < 1.29 is 13.6 Å². The molecule has 2 aromatic carbocycles. The summed E-state index contributed by atoms with van der Waals surface area (Å²) < 4.78 is 23.7. The second kappa shape index (κ2) is 8.04. The van der Waals surface area contributed by atoms with Crippen molar-refractivity contribution >= 4 is 19.4 Å². The quantitative estimate of drug-likeness (QED) is 0.532. The molecule has 164 valence electrons. The van der Waals surface area contributed by atoms with Gasteiger partial charge in [-0.1, -0.05) is 48.5 Å². The molecule has 1 fully saturated rings. The van der Waals surface area contributed by atoms with Crippen molar-refractivity contribution in [1.29, 1.82) is 21.0 Å². The summed E-state index contributed by atoms with van der Waals surface area (Å²) in [4.78, 5) is -1.39. The monoisotopic (exact) mass is 474 g/mol. The number of fused-ring (bicyclic) bond motifs is 5. The number of rotatable bonds is 5. The number of benzene rings is 2. The minimum atomic E-state index is -4.11. The topological polar surface area (TPSA) is 131 Å². The Morgan fingerprint density at radius 1 is 0.848 bits per heavy atom. The predicted octanol–water partition coefficient (Wildman–Crippen LogP) is 5.32. The van der Waals surface area contributed by atoms with Crippen LogP contribution in [0.5, 0.6) is 0 Å². The van der Waals surface area contributed by atoms with Crippen molar-refractivity contribution in [2.45, 2.75) is 23.6 Å². The first-order valence-electron chi connectivity index (χ1n) is 10.3. The molecule has 2 aromatic rings. The molecule has 0 aromatic heterocycles. The average Bonchev–Trinajstić information content (AvgIpc) is 3.29. The lowest BCUT2D eigenvalue weighted by Gasteiger charge is -2.37. The molecule has 1 spiro atoms. The van der Waals surface area contributed by atoms with Gasteiger partial charge in [-0.2, -0.15) is 21.0 Å². The van der Waals surface area contributed by atoms with Crippen LogP contribution in [0.3, 0.4) is 0 Å². The standard InChI is InChI=1S/C24H19N4O3PS/c1-3-30-32(29,31-4-2)21-22(13-25,14-26)23(15-27,16-28)24(33-21)19-11-7-5-9-17(19)18-10-6-8-12-20(18)24/h5-12,21H,3-4H2,1-2H3. The summed E-state index contributed by atoms with van der Waals surface area (Å²) in [6, 6.07) is 22.6. The summed E-state index contributed by atoms with van der Waals surface area (Å²) in [6.07, 6.45) is 0. The van der Waals surface area contributed by atoms with Crippen LogP contribution in [0.4, 0.5) is 0 Å². The van der Waals surface area contributed by atoms with Crippen LogP contribution in [-0.2, 0) is 18.4 Å². The van der Waals surface area contributed by atoms with E-state index in [0.717, 1.165) is 22.9 Å². The van der Waals surface area contributed by atoms with E-state index < -0.39 is 28.2 Å². The van der Waals surface area contributed by atoms with E-state index >= 15 is 0 Å². The fourth-order valence-electron chi connectivity index (χ4n) is 5.03. The van der Waals surface area contributed by atoms with E-state index in [1.54, 1.807) is 38.1 Å². The van der Waals surface area contributed by atoms with Gasteiger partial charge in [0.25, 0.3) is 0 Å². The van der Waals surface area contributed by atoms with Crippen LogP contribution < -0.4 is 0 Å². The van der Waals surface area contributed by atoms with Crippen LogP contribution in [0.2, 0.25) is 0 Å². The maximum atomic E-state index is 14.0. The normalized spacial score (nSPS) is 20.6. The highest BCUT2D eigenvalue weighted by Crippen LogP contribution is 2.81. The SMILES string of the molecule is CCOP(=O)(OCC)C1SC2(c3ccccc3-c3ccccc32)C(C#N)(C#N)C1(C#N)C#N.